The SMILES string of the molecule is Cc1cccc(Cl)c1NC(=O)NS/N=C/c1ccc2c(ccc3c2ncn3-c2ccc(C(F)(F)F)cc2)c1. The number of rotatable bonds is 5. The van der Waals surface area contributed by atoms with Crippen LogP contribution < -0.4 is 10.0 Å². The van der Waals surface area contributed by atoms with Gasteiger partial charge in [0.1, 0.15) is 6.33 Å². The smallest absolute Gasteiger partial charge is 0.306 e. The molecule has 192 valence electrons. The highest BCUT2D eigenvalue weighted by atomic mass is 35.5. The summed E-state index contributed by atoms with van der Waals surface area (Å²) in [5, 5.41) is 4.97. The van der Waals surface area contributed by atoms with Crippen molar-refractivity contribution < 1.29 is 18.0 Å². The number of alkyl halides is 3. The molecule has 1 heterocycles. The number of fused-ring (bicyclic) bond motifs is 3. The fourth-order valence-electron chi connectivity index (χ4n) is 4.01. The van der Waals surface area contributed by atoms with E-state index in [0.29, 0.717) is 16.4 Å². The lowest BCUT2D eigenvalue weighted by Crippen LogP contribution is -2.22. The molecule has 2 amide bonds. The predicted octanol–water partition coefficient (Wildman–Crippen LogP) is 7.96. The van der Waals surface area contributed by atoms with Gasteiger partial charge in [0.25, 0.3) is 0 Å². The number of amides is 2. The maximum Gasteiger partial charge on any atom is 0.416 e. The number of nitrogens with zero attached hydrogens (tertiary/aromatic N) is 3. The number of urea groups is 1. The molecule has 5 rings (SSSR count). The summed E-state index contributed by atoms with van der Waals surface area (Å²) in [6, 6.07) is 19.4. The third-order valence-corrected chi connectivity index (χ3v) is 6.68. The van der Waals surface area contributed by atoms with E-state index in [4.69, 9.17) is 11.6 Å². The van der Waals surface area contributed by atoms with Gasteiger partial charge in [-0.3, -0.25) is 9.29 Å². The maximum absolute atomic E-state index is 12.9. The van der Waals surface area contributed by atoms with Gasteiger partial charge in [0.05, 0.1) is 39.4 Å². The second-order valence-corrected chi connectivity index (χ2v) is 9.39. The average molecular weight is 554 g/mol. The van der Waals surface area contributed by atoms with Crippen LogP contribution in [-0.2, 0) is 6.18 Å². The number of imidazole rings is 1. The van der Waals surface area contributed by atoms with Gasteiger partial charge in [-0.2, -0.15) is 13.2 Å². The van der Waals surface area contributed by atoms with Crippen LogP contribution in [0.3, 0.4) is 0 Å². The number of hydrogen-bond acceptors (Lipinski definition) is 4. The summed E-state index contributed by atoms with van der Waals surface area (Å²) in [5.41, 5.74) is 3.59. The summed E-state index contributed by atoms with van der Waals surface area (Å²) in [6.45, 7) is 1.85. The molecular weight excluding hydrogens is 535 g/mol. The van der Waals surface area contributed by atoms with Crippen LogP contribution in [0.25, 0.3) is 27.5 Å². The summed E-state index contributed by atoms with van der Waals surface area (Å²) < 4.78 is 47.2. The van der Waals surface area contributed by atoms with Crippen LogP contribution in [-0.4, -0.2) is 21.8 Å². The molecule has 4 aromatic carbocycles. The normalized spacial score (nSPS) is 11.9. The number of anilines is 1. The molecule has 0 bridgehead atoms. The van der Waals surface area contributed by atoms with E-state index in [0.717, 1.165) is 57.2 Å². The van der Waals surface area contributed by atoms with Gasteiger partial charge in [-0.15, -0.1) is 0 Å². The fraction of sp³-hybridized carbons (Fsp3) is 0.0741. The minimum absolute atomic E-state index is 0.447. The van der Waals surface area contributed by atoms with Gasteiger partial charge in [0.2, 0.25) is 0 Å². The second-order valence-electron chi connectivity index (χ2n) is 8.39. The lowest BCUT2D eigenvalue weighted by molar-refractivity contribution is -0.137. The Labute approximate surface area is 224 Å². The number of halogens is 4. The topological polar surface area (TPSA) is 71.3 Å². The highest BCUT2D eigenvalue weighted by Gasteiger charge is 2.30. The van der Waals surface area contributed by atoms with Crippen LogP contribution >= 0.6 is 23.7 Å². The summed E-state index contributed by atoms with van der Waals surface area (Å²) >= 11 is 7.01. The van der Waals surface area contributed by atoms with Crippen LogP contribution in [0.4, 0.5) is 23.7 Å². The standard InChI is InChI=1S/C27H19ClF3N5OS/c1-16-3-2-4-22(28)24(16)34-26(37)35-38-33-14-17-5-11-21-18(13-17)6-12-23-25(21)32-15-36(23)20-9-7-19(8-10-20)27(29,30)31/h2-15H,1H3,(H2,34,35,37)/b33-14+. The first-order valence-electron chi connectivity index (χ1n) is 11.3. The molecule has 0 spiro atoms. The highest BCUT2D eigenvalue weighted by molar-refractivity contribution is 7.96. The first kappa shape index (κ1) is 25.6. The molecule has 0 atom stereocenters. The quantitative estimate of drug-likeness (QED) is 0.171. The van der Waals surface area contributed by atoms with Crippen LogP contribution in [0, 0.1) is 6.92 Å². The highest BCUT2D eigenvalue weighted by Crippen LogP contribution is 2.31. The zero-order chi connectivity index (χ0) is 26.9. The van der Waals surface area contributed by atoms with E-state index < -0.39 is 17.8 Å². The molecule has 0 fully saturated rings. The third-order valence-electron chi connectivity index (χ3n) is 5.88. The van der Waals surface area contributed by atoms with Crippen molar-refractivity contribution >= 4 is 63.5 Å². The minimum Gasteiger partial charge on any atom is -0.306 e. The summed E-state index contributed by atoms with van der Waals surface area (Å²) in [6.07, 6.45) is -1.17. The number of carbonyl (C=O) groups is 1. The van der Waals surface area contributed by atoms with Crippen LogP contribution in [0.5, 0.6) is 0 Å². The van der Waals surface area contributed by atoms with Crippen LogP contribution in [0.2, 0.25) is 5.02 Å². The minimum atomic E-state index is -4.39. The van der Waals surface area contributed by atoms with Gasteiger partial charge in [0, 0.05) is 17.3 Å². The van der Waals surface area contributed by atoms with Crippen molar-refractivity contribution in [1.82, 2.24) is 14.3 Å². The number of para-hydroxylation sites is 1. The van der Waals surface area contributed by atoms with E-state index in [1.54, 1.807) is 29.2 Å². The van der Waals surface area contributed by atoms with Crippen molar-refractivity contribution in [1.29, 1.82) is 0 Å². The Balaban J connectivity index is 1.29. The molecule has 0 radical (unpaired) electrons. The molecular formula is C27H19ClF3N5OS. The van der Waals surface area contributed by atoms with E-state index in [1.807, 2.05) is 43.3 Å². The van der Waals surface area contributed by atoms with Crippen molar-refractivity contribution in [3.8, 4) is 5.69 Å². The maximum atomic E-state index is 12.9. The van der Waals surface area contributed by atoms with Gasteiger partial charge >= 0.3 is 12.2 Å². The molecule has 0 aliphatic carbocycles. The molecule has 0 unspecified atom stereocenters. The van der Waals surface area contributed by atoms with Crippen molar-refractivity contribution in [3.05, 3.63) is 101 Å². The molecule has 0 aliphatic rings. The Morgan fingerprint density at radius 3 is 2.61 bits per heavy atom. The van der Waals surface area contributed by atoms with Gasteiger partial charge < -0.3 is 5.32 Å². The molecule has 38 heavy (non-hydrogen) atoms. The Morgan fingerprint density at radius 1 is 1.08 bits per heavy atom. The average Bonchev–Trinajstić information content (AvgIpc) is 3.33. The Morgan fingerprint density at radius 2 is 1.87 bits per heavy atom. The fourth-order valence-corrected chi connectivity index (χ4v) is 4.64. The van der Waals surface area contributed by atoms with E-state index >= 15 is 0 Å². The van der Waals surface area contributed by atoms with Crippen molar-refractivity contribution in [2.45, 2.75) is 13.1 Å². The van der Waals surface area contributed by atoms with E-state index in [-0.39, 0.29) is 0 Å². The van der Waals surface area contributed by atoms with Crippen molar-refractivity contribution in [2.24, 2.45) is 4.40 Å². The first-order valence-corrected chi connectivity index (χ1v) is 12.4. The zero-order valence-electron chi connectivity index (χ0n) is 19.8. The van der Waals surface area contributed by atoms with Crippen LogP contribution in [0.1, 0.15) is 16.7 Å². The number of hydrogen-bond donors (Lipinski definition) is 2. The number of benzene rings is 4. The second kappa shape index (κ2) is 10.4. The molecule has 6 nitrogen and oxygen atoms in total. The number of carbonyl (C=O) groups excluding carboxylic acids is 1. The van der Waals surface area contributed by atoms with Crippen LogP contribution in [0.15, 0.2) is 83.5 Å². The lowest BCUT2D eigenvalue weighted by Gasteiger charge is -2.09. The number of nitrogens with one attached hydrogen (secondary N) is 2. The van der Waals surface area contributed by atoms with Gasteiger partial charge in [-0.1, -0.05) is 41.9 Å². The molecule has 0 saturated carbocycles. The van der Waals surface area contributed by atoms with Gasteiger partial charge in [-0.05, 0) is 65.9 Å². The molecule has 0 aliphatic heterocycles. The molecule has 11 heteroatoms. The first-order chi connectivity index (χ1) is 18.2. The largest absolute Gasteiger partial charge is 0.416 e. The lowest BCUT2D eigenvalue weighted by atomic mass is 10.1. The Kier molecular flexibility index (Phi) is 7.00. The molecule has 2 N–H and O–H groups in total. The Hall–Kier alpha value is -4.02. The summed E-state index contributed by atoms with van der Waals surface area (Å²) in [7, 11) is 0. The predicted molar refractivity (Wildman–Crippen MR) is 147 cm³/mol. The number of aromatic nitrogens is 2. The Bertz CT molecular complexity index is 1660. The van der Waals surface area contributed by atoms with Gasteiger partial charge in [0.15, 0.2) is 0 Å². The third kappa shape index (κ3) is 5.32. The van der Waals surface area contributed by atoms with E-state index in [2.05, 4.69) is 19.4 Å². The molecule has 0 saturated heterocycles. The summed E-state index contributed by atoms with van der Waals surface area (Å²) in [5.74, 6) is 0. The van der Waals surface area contributed by atoms with Crippen molar-refractivity contribution in [2.75, 3.05) is 5.32 Å². The molecule has 1 aromatic heterocycles. The van der Waals surface area contributed by atoms with Crippen molar-refractivity contribution in [3.63, 3.8) is 0 Å². The monoisotopic (exact) mass is 553 g/mol. The van der Waals surface area contributed by atoms with E-state index in [1.165, 1.54) is 12.1 Å². The zero-order valence-corrected chi connectivity index (χ0v) is 21.3. The van der Waals surface area contributed by atoms with E-state index in [9.17, 15) is 18.0 Å². The van der Waals surface area contributed by atoms with Gasteiger partial charge in [-0.25, -0.2) is 14.2 Å². The summed E-state index contributed by atoms with van der Waals surface area (Å²) in [4.78, 5) is 16.7. The number of aryl methyl sites for hydroxylation is 1. The molecule has 5 aromatic rings.